The third-order valence-corrected chi connectivity index (χ3v) is 2.90. The molecular weight excluding hydrogens is 246 g/mol. The van der Waals surface area contributed by atoms with E-state index < -0.39 is 18.0 Å². The van der Waals surface area contributed by atoms with E-state index in [0.29, 0.717) is 13.0 Å². The van der Waals surface area contributed by atoms with E-state index in [9.17, 15) is 14.4 Å². The number of primary amides is 1. The number of amides is 3. The Morgan fingerprint density at radius 2 is 1.84 bits per heavy atom. The molecule has 0 unspecified atom stereocenters. The fourth-order valence-corrected chi connectivity index (χ4v) is 2.11. The van der Waals surface area contributed by atoms with Crippen LogP contribution in [0.3, 0.4) is 0 Å². The maximum absolute atomic E-state index is 12.1. The van der Waals surface area contributed by atoms with Crippen molar-refractivity contribution in [1.82, 2.24) is 10.2 Å². The monoisotopic (exact) mass is 271 g/mol. The third-order valence-electron chi connectivity index (χ3n) is 2.90. The molecule has 3 amide bonds. The molecule has 1 saturated heterocycles. The van der Waals surface area contributed by atoms with Crippen LogP contribution in [-0.4, -0.2) is 41.2 Å². The molecule has 1 aliphatic heterocycles. The van der Waals surface area contributed by atoms with E-state index in [1.807, 2.05) is 13.8 Å². The summed E-state index contributed by atoms with van der Waals surface area (Å²) in [4.78, 5) is 35.7. The van der Waals surface area contributed by atoms with Crippen molar-refractivity contribution in [3.05, 3.63) is 0 Å². The van der Waals surface area contributed by atoms with E-state index in [-0.39, 0.29) is 11.8 Å². The first-order chi connectivity index (χ1) is 8.93. The van der Waals surface area contributed by atoms with Gasteiger partial charge in [-0.05, 0) is 26.2 Å². The Hall–Kier alpha value is -1.59. The van der Waals surface area contributed by atoms with Gasteiger partial charge < -0.3 is 16.0 Å². The van der Waals surface area contributed by atoms with Gasteiger partial charge in [0.1, 0.15) is 12.1 Å². The van der Waals surface area contributed by atoms with E-state index in [1.165, 1.54) is 11.8 Å². The van der Waals surface area contributed by atoms with Gasteiger partial charge in [0.15, 0.2) is 0 Å². The molecule has 0 saturated carbocycles. The van der Waals surface area contributed by atoms with Crippen LogP contribution in [0, 0.1) is 0 Å². The molecule has 0 bridgehead atoms. The van der Waals surface area contributed by atoms with Crippen molar-refractivity contribution >= 4 is 17.7 Å². The molecule has 110 valence electrons. The number of likely N-dealkylation sites (tertiary alicyclic amines) is 1. The van der Waals surface area contributed by atoms with Gasteiger partial charge in [-0.15, -0.1) is 0 Å². The number of hydrogen-bond donors (Lipinski definition) is 2. The van der Waals surface area contributed by atoms with E-state index in [1.54, 1.807) is 6.92 Å². The van der Waals surface area contributed by atoms with Gasteiger partial charge in [-0.2, -0.15) is 0 Å². The number of nitrogens with one attached hydrogen (secondary N) is 1. The number of rotatable bonds is 3. The quantitative estimate of drug-likeness (QED) is 0.778. The Morgan fingerprint density at radius 3 is 2.32 bits per heavy atom. The minimum Gasteiger partial charge on any atom is -0.368 e. The van der Waals surface area contributed by atoms with Gasteiger partial charge in [0.2, 0.25) is 17.7 Å². The Bertz CT molecular complexity index is 331. The summed E-state index contributed by atoms with van der Waals surface area (Å²) in [5, 5.41) is 2.52. The summed E-state index contributed by atoms with van der Waals surface area (Å²) in [5.41, 5.74) is 5.28. The van der Waals surface area contributed by atoms with Crippen LogP contribution in [0.1, 0.15) is 47.0 Å². The zero-order valence-electron chi connectivity index (χ0n) is 12.2. The van der Waals surface area contributed by atoms with Crippen molar-refractivity contribution in [2.24, 2.45) is 5.73 Å². The summed E-state index contributed by atoms with van der Waals surface area (Å²) in [7, 11) is 0. The van der Waals surface area contributed by atoms with Gasteiger partial charge in [-0.25, -0.2) is 0 Å². The second-order valence-corrected chi connectivity index (χ2v) is 4.37. The van der Waals surface area contributed by atoms with E-state index in [0.717, 1.165) is 12.8 Å². The van der Waals surface area contributed by atoms with Crippen molar-refractivity contribution in [2.75, 3.05) is 6.54 Å². The lowest BCUT2D eigenvalue weighted by atomic mass is 10.0. The van der Waals surface area contributed by atoms with Gasteiger partial charge in [-0.3, -0.25) is 14.4 Å². The van der Waals surface area contributed by atoms with E-state index >= 15 is 0 Å². The van der Waals surface area contributed by atoms with Crippen molar-refractivity contribution in [3.8, 4) is 0 Å². The first-order valence-corrected chi connectivity index (χ1v) is 6.80. The van der Waals surface area contributed by atoms with Crippen molar-refractivity contribution < 1.29 is 14.4 Å². The molecule has 0 aliphatic carbocycles. The van der Waals surface area contributed by atoms with Crippen LogP contribution in [0.4, 0.5) is 0 Å². The highest BCUT2D eigenvalue weighted by molar-refractivity contribution is 5.91. The van der Waals surface area contributed by atoms with Gasteiger partial charge >= 0.3 is 0 Å². The number of hydrogen-bond acceptors (Lipinski definition) is 3. The fourth-order valence-electron chi connectivity index (χ4n) is 2.11. The summed E-state index contributed by atoms with van der Waals surface area (Å²) < 4.78 is 0. The van der Waals surface area contributed by atoms with E-state index in [2.05, 4.69) is 5.32 Å². The van der Waals surface area contributed by atoms with Crippen LogP contribution in [0.5, 0.6) is 0 Å². The summed E-state index contributed by atoms with van der Waals surface area (Å²) >= 11 is 0. The maximum atomic E-state index is 12.1. The molecule has 3 N–H and O–H groups in total. The molecule has 2 atom stereocenters. The van der Waals surface area contributed by atoms with E-state index in [4.69, 9.17) is 5.73 Å². The van der Waals surface area contributed by atoms with Gasteiger partial charge in [-0.1, -0.05) is 13.8 Å². The first-order valence-electron chi connectivity index (χ1n) is 6.80. The molecule has 0 spiro atoms. The lowest BCUT2D eigenvalue weighted by Gasteiger charge is -2.35. The SMILES string of the molecule is CC.CC(=O)N[C@@H](C)C(=O)N1CCCC[C@H]1C(N)=O. The fraction of sp³-hybridized carbons (Fsp3) is 0.769. The first kappa shape index (κ1) is 17.4. The van der Waals surface area contributed by atoms with Crippen molar-refractivity contribution in [3.63, 3.8) is 0 Å². The number of carbonyl (C=O) groups excluding carboxylic acids is 3. The molecule has 0 aromatic carbocycles. The number of nitrogens with two attached hydrogens (primary N) is 1. The topological polar surface area (TPSA) is 92.5 Å². The third kappa shape index (κ3) is 5.28. The lowest BCUT2D eigenvalue weighted by molar-refractivity contribution is -0.143. The predicted octanol–water partition coefficient (Wildman–Crippen LogP) is 0.404. The maximum Gasteiger partial charge on any atom is 0.245 e. The van der Waals surface area contributed by atoms with Crippen LogP contribution < -0.4 is 11.1 Å². The molecule has 1 heterocycles. The predicted molar refractivity (Wildman–Crippen MR) is 73.2 cm³/mol. The Balaban J connectivity index is 0.00000154. The van der Waals surface area contributed by atoms with Crippen LogP contribution in [0.2, 0.25) is 0 Å². The highest BCUT2D eigenvalue weighted by atomic mass is 16.2. The average molecular weight is 271 g/mol. The van der Waals surface area contributed by atoms with Gasteiger partial charge in [0.05, 0.1) is 0 Å². The molecule has 6 nitrogen and oxygen atoms in total. The molecule has 0 radical (unpaired) electrons. The largest absolute Gasteiger partial charge is 0.368 e. The van der Waals surface area contributed by atoms with Crippen molar-refractivity contribution in [1.29, 1.82) is 0 Å². The average Bonchev–Trinajstić information content (AvgIpc) is 2.39. The van der Waals surface area contributed by atoms with Gasteiger partial charge in [0.25, 0.3) is 0 Å². The van der Waals surface area contributed by atoms with Crippen LogP contribution in [0.25, 0.3) is 0 Å². The molecule has 1 aliphatic rings. The second-order valence-electron chi connectivity index (χ2n) is 4.37. The minimum atomic E-state index is -0.618. The number of carbonyl (C=O) groups is 3. The highest BCUT2D eigenvalue weighted by Gasteiger charge is 2.32. The standard InChI is InChI=1S/C11H19N3O3.C2H6/c1-7(13-8(2)15)11(17)14-6-4-3-5-9(14)10(12)16;1-2/h7,9H,3-6H2,1-2H3,(H2,12,16)(H,13,15);1-2H3/t7-,9-;/m0./s1. The lowest BCUT2D eigenvalue weighted by Crippen LogP contribution is -2.55. The molecule has 1 rings (SSSR count). The summed E-state index contributed by atoms with van der Waals surface area (Å²) in [6.45, 7) is 7.48. The minimum absolute atomic E-state index is 0.247. The molecule has 0 aromatic rings. The highest BCUT2D eigenvalue weighted by Crippen LogP contribution is 2.17. The summed E-state index contributed by atoms with van der Waals surface area (Å²) in [5.74, 6) is -0.991. The zero-order chi connectivity index (χ0) is 15.0. The Kier molecular flexibility index (Phi) is 7.79. The zero-order valence-corrected chi connectivity index (χ0v) is 12.2. The molecule has 0 aromatic heterocycles. The smallest absolute Gasteiger partial charge is 0.245 e. The van der Waals surface area contributed by atoms with Crippen molar-refractivity contribution in [2.45, 2.75) is 59.0 Å². The van der Waals surface area contributed by atoms with Gasteiger partial charge in [0, 0.05) is 13.5 Å². The van der Waals surface area contributed by atoms with Crippen LogP contribution in [0.15, 0.2) is 0 Å². The van der Waals surface area contributed by atoms with Crippen LogP contribution >= 0.6 is 0 Å². The molecular formula is C13H25N3O3. The number of nitrogens with zero attached hydrogens (tertiary/aromatic N) is 1. The second kappa shape index (κ2) is 8.50. The molecule has 6 heteroatoms. The Labute approximate surface area is 114 Å². The number of piperidine rings is 1. The normalized spacial score (nSPS) is 19.8. The summed E-state index contributed by atoms with van der Waals surface area (Å²) in [6.07, 6.45) is 2.36. The summed E-state index contributed by atoms with van der Waals surface area (Å²) in [6, 6.07) is -1.15. The van der Waals surface area contributed by atoms with Crippen LogP contribution in [-0.2, 0) is 14.4 Å². The molecule has 1 fully saturated rings. The Morgan fingerprint density at radius 1 is 1.26 bits per heavy atom. The molecule has 19 heavy (non-hydrogen) atoms.